The smallest absolute Gasteiger partial charge is 0.286 e. The number of alkyl halides is 3. The summed E-state index contributed by atoms with van der Waals surface area (Å²) in [5, 5.41) is 0. The van der Waals surface area contributed by atoms with Gasteiger partial charge in [0.2, 0.25) is 0 Å². The Balaban J connectivity index is 4.73. The van der Waals surface area contributed by atoms with E-state index in [1.54, 1.807) is 0 Å². The Bertz CT molecular complexity index is 146. The predicted octanol–water partition coefficient (Wildman–Crippen LogP) is 3.17. The third-order valence-electron chi connectivity index (χ3n) is 1.10. The quantitative estimate of drug-likeness (QED) is 0.709. The van der Waals surface area contributed by atoms with Gasteiger partial charge in [-0.2, -0.15) is 13.2 Å². The first-order valence-electron chi connectivity index (χ1n) is 4.26. The van der Waals surface area contributed by atoms with Gasteiger partial charge in [0.1, 0.15) is 0 Å². The molecule has 88 valence electrons. The fourth-order valence-corrected chi connectivity index (χ4v) is 2.30. The van der Waals surface area contributed by atoms with Crippen molar-refractivity contribution in [3.8, 4) is 0 Å². The maximum atomic E-state index is 12.6. The van der Waals surface area contributed by atoms with Gasteiger partial charge in [-0.15, -0.1) is 0 Å². The van der Waals surface area contributed by atoms with Crippen molar-refractivity contribution in [3.63, 3.8) is 0 Å². The van der Waals surface area contributed by atoms with Crippen LogP contribution >= 0.6 is 10.9 Å². The molecule has 0 bridgehead atoms. The third kappa shape index (κ3) is 3.30. The third-order valence-corrected chi connectivity index (χ3v) is 3.31. The minimum absolute atomic E-state index is 0.102. The van der Waals surface area contributed by atoms with Crippen LogP contribution in [0.25, 0.3) is 0 Å². The van der Waals surface area contributed by atoms with Gasteiger partial charge in [-0.3, -0.25) is 12.5 Å². The molecule has 0 saturated carbocycles. The molecular formula is C7H15F3O3S. The van der Waals surface area contributed by atoms with Crippen LogP contribution in [-0.4, -0.2) is 25.3 Å². The van der Waals surface area contributed by atoms with E-state index in [2.05, 4.69) is 12.5 Å². The van der Waals surface area contributed by atoms with Gasteiger partial charge in [0.25, 0.3) is 0 Å². The molecule has 0 radical (unpaired) electrons. The molecule has 0 rings (SSSR count). The Hall–Kier alpha value is 0.0200. The summed E-state index contributed by atoms with van der Waals surface area (Å²) in [5.74, 6) is 0. The van der Waals surface area contributed by atoms with Crippen LogP contribution in [0.2, 0.25) is 0 Å². The van der Waals surface area contributed by atoms with Gasteiger partial charge in [-0.1, -0.05) is 0 Å². The highest BCUT2D eigenvalue weighted by Gasteiger charge is 2.55. The van der Waals surface area contributed by atoms with E-state index in [1.807, 2.05) is 0 Å². The summed E-state index contributed by atoms with van der Waals surface area (Å²) in [5.41, 5.74) is -4.62. The van der Waals surface area contributed by atoms with Gasteiger partial charge in [0.05, 0.1) is 19.8 Å². The van der Waals surface area contributed by atoms with Crippen LogP contribution in [0.1, 0.15) is 20.8 Å². The lowest BCUT2D eigenvalue weighted by Crippen LogP contribution is -2.27. The van der Waals surface area contributed by atoms with E-state index in [1.165, 1.54) is 20.8 Å². The van der Waals surface area contributed by atoms with Gasteiger partial charge in [0.15, 0.2) is 10.9 Å². The number of halogens is 3. The molecule has 0 aromatic carbocycles. The van der Waals surface area contributed by atoms with Crippen molar-refractivity contribution >= 4 is 10.9 Å². The Labute approximate surface area is 83.5 Å². The molecule has 3 nitrogen and oxygen atoms in total. The van der Waals surface area contributed by atoms with E-state index >= 15 is 0 Å². The van der Waals surface area contributed by atoms with Crippen molar-refractivity contribution in [1.82, 2.24) is 0 Å². The average Bonchev–Trinajstić information content (AvgIpc) is 2.03. The first kappa shape index (κ1) is 14.0. The maximum absolute atomic E-state index is 12.6. The number of rotatable bonds is 6. The van der Waals surface area contributed by atoms with E-state index in [9.17, 15) is 13.2 Å². The lowest BCUT2D eigenvalue weighted by atomic mass is 10.9. The van der Waals surface area contributed by atoms with E-state index < -0.39 is 16.4 Å². The van der Waals surface area contributed by atoms with E-state index in [4.69, 9.17) is 0 Å². The Morgan fingerprint density at radius 2 is 1.14 bits per heavy atom. The second-order valence-corrected chi connectivity index (χ2v) is 4.20. The van der Waals surface area contributed by atoms with Crippen LogP contribution < -0.4 is 0 Å². The second kappa shape index (κ2) is 5.79. The van der Waals surface area contributed by atoms with Crippen molar-refractivity contribution in [2.24, 2.45) is 0 Å². The summed E-state index contributed by atoms with van der Waals surface area (Å²) in [6, 6.07) is 0. The van der Waals surface area contributed by atoms with Crippen molar-refractivity contribution in [2.45, 2.75) is 26.3 Å². The Kier molecular flexibility index (Phi) is 5.80. The molecule has 0 atom stereocenters. The molecule has 0 aliphatic heterocycles. The molecule has 0 unspecified atom stereocenters. The first-order chi connectivity index (χ1) is 6.43. The molecule has 14 heavy (non-hydrogen) atoms. The van der Waals surface area contributed by atoms with Crippen LogP contribution in [0.4, 0.5) is 13.2 Å². The SMILES string of the molecule is CCOS(OCC)(OCC)C(F)(F)F. The highest BCUT2D eigenvalue weighted by molar-refractivity contribution is 8.22. The zero-order chi connectivity index (χ0) is 11.2. The summed E-state index contributed by atoms with van der Waals surface area (Å²) >= 11 is 0. The highest BCUT2D eigenvalue weighted by atomic mass is 32.3. The molecule has 0 N–H and O–H groups in total. The molecule has 0 fully saturated rings. The minimum atomic E-state index is -4.62. The number of hydrogen-bond donors (Lipinski definition) is 0. The van der Waals surface area contributed by atoms with Gasteiger partial charge >= 0.3 is 5.51 Å². The Morgan fingerprint density at radius 1 is 0.857 bits per heavy atom. The predicted molar refractivity (Wildman–Crippen MR) is 48.5 cm³/mol. The summed E-state index contributed by atoms with van der Waals surface area (Å²) < 4.78 is 51.6. The van der Waals surface area contributed by atoms with Crippen molar-refractivity contribution < 1.29 is 25.7 Å². The normalized spacial score (nSPS) is 14.4. The summed E-state index contributed by atoms with van der Waals surface area (Å²) in [7, 11) is -3.86. The maximum Gasteiger partial charge on any atom is 0.494 e. The zero-order valence-corrected chi connectivity index (χ0v) is 9.20. The monoisotopic (exact) mass is 236 g/mol. The summed E-state index contributed by atoms with van der Waals surface area (Å²) in [6.45, 7) is 4.08. The summed E-state index contributed by atoms with van der Waals surface area (Å²) in [4.78, 5) is 0. The van der Waals surface area contributed by atoms with Crippen LogP contribution in [0.15, 0.2) is 0 Å². The topological polar surface area (TPSA) is 27.7 Å². The van der Waals surface area contributed by atoms with Gasteiger partial charge in [-0.05, 0) is 20.8 Å². The largest absolute Gasteiger partial charge is 0.494 e. The molecule has 0 heterocycles. The molecule has 7 heteroatoms. The van der Waals surface area contributed by atoms with Gasteiger partial charge in [0, 0.05) is 0 Å². The minimum Gasteiger partial charge on any atom is -0.286 e. The average molecular weight is 236 g/mol. The van der Waals surface area contributed by atoms with Gasteiger partial charge in [-0.25, -0.2) is 0 Å². The highest BCUT2D eigenvalue weighted by Crippen LogP contribution is 2.64. The Morgan fingerprint density at radius 3 is 1.29 bits per heavy atom. The zero-order valence-electron chi connectivity index (χ0n) is 8.39. The molecule has 0 aliphatic rings. The van der Waals surface area contributed by atoms with E-state index in [0.29, 0.717) is 0 Å². The first-order valence-corrected chi connectivity index (χ1v) is 5.67. The standard InChI is InChI=1S/C7H15F3O3S/c1-4-11-14(12-5-2,13-6-3)7(8,9)10/h4-6H2,1-3H3. The van der Waals surface area contributed by atoms with Crippen LogP contribution in [0, 0.1) is 0 Å². The summed E-state index contributed by atoms with van der Waals surface area (Å²) in [6.07, 6.45) is 0. The lowest BCUT2D eigenvalue weighted by Gasteiger charge is -2.37. The van der Waals surface area contributed by atoms with E-state index in [-0.39, 0.29) is 19.8 Å². The molecule has 0 spiro atoms. The van der Waals surface area contributed by atoms with Crippen LogP contribution in [-0.2, 0) is 12.5 Å². The lowest BCUT2D eigenvalue weighted by molar-refractivity contribution is -0.0747. The second-order valence-electron chi connectivity index (χ2n) is 2.12. The molecule has 0 aliphatic carbocycles. The molecule has 0 saturated heterocycles. The van der Waals surface area contributed by atoms with Crippen molar-refractivity contribution in [3.05, 3.63) is 0 Å². The number of hydrogen-bond acceptors (Lipinski definition) is 3. The molecule has 0 aromatic rings. The fraction of sp³-hybridized carbons (Fsp3) is 1.00. The van der Waals surface area contributed by atoms with Crippen LogP contribution in [0.3, 0.4) is 0 Å². The van der Waals surface area contributed by atoms with Crippen molar-refractivity contribution in [1.29, 1.82) is 0 Å². The molecule has 0 amide bonds. The fourth-order valence-electron chi connectivity index (χ4n) is 0.768. The van der Waals surface area contributed by atoms with Crippen LogP contribution in [0.5, 0.6) is 0 Å². The van der Waals surface area contributed by atoms with Gasteiger partial charge < -0.3 is 0 Å². The molecular weight excluding hydrogens is 221 g/mol. The van der Waals surface area contributed by atoms with E-state index in [0.717, 1.165) is 0 Å². The molecule has 0 aromatic heterocycles. The van der Waals surface area contributed by atoms with Crippen molar-refractivity contribution in [2.75, 3.05) is 19.8 Å².